The van der Waals surface area contributed by atoms with Gasteiger partial charge in [-0.3, -0.25) is 0 Å². The highest BCUT2D eigenvalue weighted by Crippen LogP contribution is 2.33. The van der Waals surface area contributed by atoms with E-state index in [9.17, 15) is 0 Å². The molecule has 3 nitrogen and oxygen atoms in total. The summed E-state index contributed by atoms with van der Waals surface area (Å²) in [4.78, 5) is 4.35. The summed E-state index contributed by atoms with van der Waals surface area (Å²) in [6.07, 6.45) is 10.9. The van der Waals surface area contributed by atoms with Gasteiger partial charge in [0.05, 0.1) is 6.33 Å². The van der Waals surface area contributed by atoms with Crippen LogP contribution >= 0.6 is 0 Å². The van der Waals surface area contributed by atoms with Gasteiger partial charge < -0.3 is 9.88 Å². The third-order valence-electron chi connectivity index (χ3n) is 3.89. The van der Waals surface area contributed by atoms with E-state index in [1.807, 2.05) is 6.33 Å². The van der Waals surface area contributed by atoms with Crippen molar-refractivity contribution in [2.24, 2.45) is 0 Å². The molecule has 0 radical (unpaired) electrons. The molecule has 15 heavy (non-hydrogen) atoms. The lowest BCUT2D eigenvalue weighted by atomic mass is 10.0. The summed E-state index contributed by atoms with van der Waals surface area (Å²) in [5, 5.41) is 3.44. The maximum atomic E-state index is 4.35. The molecule has 1 atom stereocenters. The van der Waals surface area contributed by atoms with E-state index in [0.29, 0.717) is 5.92 Å². The summed E-state index contributed by atoms with van der Waals surface area (Å²) in [5.41, 5.74) is 1.46. The fourth-order valence-corrected chi connectivity index (χ4v) is 3.03. The van der Waals surface area contributed by atoms with Gasteiger partial charge >= 0.3 is 0 Å². The van der Waals surface area contributed by atoms with Gasteiger partial charge in [-0.15, -0.1) is 0 Å². The molecule has 0 aromatic carbocycles. The van der Waals surface area contributed by atoms with E-state index in [1.54, 1.807) is 0 Å². The smallest absolute Gasteiger partial charge is 0.0950 e. The van der Waals surface area contributed by atoms with Gasteiger partial charge in [-0.25, -0.2) is 4.98 Å². The van der Waals surface area contributed by atoms with Crippen molar-refractivity contribution in [3.05, 3.63) is 18.2 Å². The average molecular weight is 205 g/mol. The van der Waals surface area contributed by atoms with Crippen LogP contribution in [0.3, 0.4) is 0 Å². The van der Waals surface area contributed by atoms with Gasteiger partial charge in [0.1, 0.15) is 0 Å². The molecule has 1 saturated heterocycles. The molecule has 1 aliphatic heterocycles. The zero-order valence-corrected chi connectivity index (χ0v) is 9.15. The maximum Gasteiger partial charge on any atom is 0.0950 e. The molecule has 82 valence electrons. The van der Waals surface area contributed by atoms with Gasteiger partial charge in [-0.05, 0) is 25.8 Å². The van der Waals surface area contributed by atoms with Gasteiger partial charge in [0.25, 0.3) is 0 Å². The van der Waals surface area contributed by atoms with E-state index in [2.05, 4.69) is 21.1 Å². The topological polar surface area (TPSA) is 29.9 Å². The lowest BCUT2D eigenvalue weighted by Gasteiger charge is -2.18. The Kier molecular flexibility index (Phi) is 2.49. The van der Waals surface area contributed by atoms with Crippen LogP contribution in [0.5, 0.6) is 0 Å². The summed E-state index contributed by atoms with van der Waals surface area (Å²) in [6, 6.07) is 0.739. The van der Waals surface area contributed by atoms with E-state index in [0.717, 1.165) is 12.6 Å². The van der Waals surface area contributed by atoms with E-state index in [-0.39, 0.29) is 0 Å². The quantitative estimate of drug-likeness (QED) is 0.801. The van der Waals surface area contributed by atoms with E-state index in [1.165, 1.54) is 44.3 Å². The molecule has 1 unspecified atom stereocenters. The van der Waals surface area contributed by atoms with Crippen molar-refractivity contribution in [2.75, 3.05) is 13.1 Å². The Hall–Kier alpha value is -0.830. The van der Waals surface area contributed by atoms with Crippen LogP contribution in [0.2, 0.25) is 0 Å². The Labute approximate surface area is 90.9 Å². The van der Waals surface area contributed by atoms with Crippen molar-refractivity contribution in [3.8, 4) is 0 Å². The zero-order valence-electron chi connectivity index (χ0n) is 9.15. The molecule has 1 aromatic rings. The van der Waals surface area contributed by atoms with Crippen molar-refractivity contribution in [1.29, 1.82) is 0 Å². The first-order valence-corrected chi connectivity index (χ1v) is 6.17. The van der Waals surface area contributed by atoms with Crippen molar-refractivity contribution in [2.45, 2.75) is 44.1 Å². The summed E-state index contributed by atoms with van der Waals surface area (Å²) in [5.74, 6) is 0.702. The molecule has 3 rings (SSSR count). The largest absolute Gasteiger partial charge is 0.331 e. The minimum atomic E-state index is 0.702. The number of rotatable bonds is 2. The minimum Gasteiger partial charge on any atom is -0.331 e. The van der Waals surface area contributed by atoms with Crippen LogP contribution in [0.4, 0.5) is 0 Å². The number of hydrogen-bond donors (Lipinski definition) is 1. The van der Waals surface area contributed by atoms with E-state index < -0.39 is 0 Å². The number of hydrogen-bond acceptors (Lipinski definition) is 2. The van der Waals surface area contributed by atoms with Gasteiger partial charge in [0, 0.05) is 30.4 Å². The molecule has 1 saturated carbocycles. The van der Waals surface area contributed by atoms with Gasteiger partial charge in [-0.1, -0.05) is 12.8 Å². The van der Waals surface area contributed by atoms with E-state index in [4.69, 9.17) is 0 Å². The fourth-order valence-electron chi connectivity index (χ4n) is 3.03. The zero-order chi connectivity index (χ0) is 10.1. The molecular weight excluding hydrogens is 186 g/mol. The summed E-state index contributed by atoms with van der Waals surface area (Å²) in [6.45, 7) is 2.30. The number of nitrogens with zero attached hydrogens (tertiary/aromatic N) is 2. The Balaban J connectivity index is 1.84. The Morgan fingerprint density at radius 2 is 2.13 bits per heavy atom. The lowest BCUT2D eigenvalue weighted by molar-refractivity contribution is 0.486. The van der Waals surface area contributed by atoms with Crippen molar-refractivity contribution >= 4 is 0 Å². The molecule has 2 heterocycles. The summed E-state index contributed by atoms with van der Waals surface area (Å²) < 4.78 is 2.45. The molecule has 2 fully saturated rings. The molecule has 2 aliphatic rings. The Morgan fingerprint density at radius 1 is 1.27 bits per heavy atom. The molecule has 0 bridgehead atoms. The summed E-state index contributed by atoms with van der Waals surface area (Å²) >= 11 is 0. The first-order chi connectivity index (χ1) is 7.45. The number of imidazole rings is 1. The SMILES string of the molecule is c1ncn(C2CCCC2)c1C1CCNC1. The predicted molar refractivity (Wildman–Crippen MR) is 60.0 cm³/mol. The van der Waals surface area contributed by atoms with Crippen LogP contribution < -0.4 is 5.32 Å². The van der Waals surface area contributed by atoms with E-state index >= 15 is 0 Å². The van der Waals surface area contributed by atoms with Crippen LogP contribution in [-0.2, 0) is 0 Å². The first-order valence-electron chi connectivity index (χ1n) is 6.17. The molecular formula is C12H19N3. The van der Waals surface area contributed by atoms with Gasteiger partial charge in [0.2, 0.25) is 0 Å². The normalized spacial score (nSPS) is 27.6. The monoisotopic (exact) mass is 205 g/mol. The minimum absolute atomic E-state index is 0.702. The molecule has 0 spiro atoms. The first kappa shape index (κ1) is 9.40. The highest BCUT2D eigenvalue weighted by molar-refractivity contribution is 5.10. The van der Waals surface area contributed by atoms with Gasteiger partial charge in [0.15, 0.2) is 0 Å². The standard InChI is InChI=1S/C12H19N3/c1-2-4-11(3-1)15-9-14-8-12(15)10-5-6-13-7-10/h8-11,13H,1-7H2. The van der Waals surface area contributed by atoms with Crippen molar-refractivity contribution < 1.29 is 0 Å². The molecule has 1 aromatic heterocycles. The van der Waals surface area contributed by atoms with Crippen LogP contribution in [0.1, 0.15) is 49.8 Å². The van der Waals surface area contributed by atoms with Crippen LogP contribution in [0.25, 0.3) is 0 Å². The molecule has 0 amide bonds. The molecule has 1 N–H and O–H groups in total. The second-order valence-corrected chi connectivity index (χ2v) is 4.85. The molecule has 3 heteroatoms. The molecule has 1 aliphatic carbocycles. The fraction of sp³-hybridized carbons (Fsp3) is 0.750. The van der Waals surface area contributed by atoms with Crippen LogP contribution in [-0.4, -0.2) is 22.6 Å². The van der Waals surface area contributed by atoms with Crippen LogP contribution in [0.15, 0.2) is 12.5 Å². The van der Waals surface area contributed by atoms with Crippen LogP contribution in [0, 0.1) is 0 Å². The maximum absolute atomic E-state index is 4.35. The number of aromatic nitrogens is 2. The lowest BCUT2D eigenvalue weighted by Crippen LogP contribution is -2.13. The number of nitrogens with one attached hydrogen (secondary N) is 1. The third kappa shape index (κ3) is 1.69. The Morgan fingerprint density at radius 3 is 2.87 bits per heavy atom. The highest BCUT2D eigenvalue weighted by atomic mass is 15.1. The predicted octanol–water partition coefficient (Wildman–Crippen LogP) is 2.08. The Bertz CT molecular complexity index is 289. The second-order valence-electron chi connectivity index (χ2n) is 4.85. The van der Waals surface area contributed by atoms with Crippen molar-refractivity contribution in [1.82, 2.24) is 14.9 Å². The second kappa shape index (κ2) is 3.97. The van der Waals surface area contributed by atoms with Gasteiger partial charge in [-0.2, -0.15) is 0 Å². The highest BCUT2D eigenvalue weighted by Gasteiger charge is 2.24. The third-order valence-corrected chi connectivity index (χ3v) is 3.89. The average Bonchev–Trinajstić information content (AvgIpc) is 3.01. The summed E-state index contributed by atoms with van der Waals surface area (Å²) in [7, 11) is 0. The van der Waals surface area contributed by atoms with Crippen molar-refractivity contribution in [3.63, 3.8) is 0 Å².